The van der Waals surface area contributed by atoms with Gasteiger partial charge in [-0.2, -0.15) is 0 Å². The SMILES string of the molecule is CC1C(O)CCC2(C)C1CCC1(C)C2CCC2C3CCCC3(CO)CC[C@]21C. The van der Waals surface area contributed by atoms with E-state index >= 15 is 0 Å². The van der Waals surface area contributed by atoms with Gasteiger partial charge in [-0.05, 0) is 115 Å². The van der Waals surface area contributed by atoms with Crippen LogP contribution in [0, 0.1) is 51.2 Å². The van der Waals surface area contributed by atoms with Crippen LogP contribution in [0.5, 0.6) is 0 Å². The van der Waals surface area contributed by atoms with Crippen LogP contribution in [0.4, 0.5) is 0 Å². The highest BCUT2D eigenvalue weighted by Crippen LogP contribution is 2.75. The Balaban J connectivity index is 1.51. The maximum Gasteiger partial charge on any atom is 0.0568 e. The molecule has 0 heterocycles. The average Bonchev–Trinajstić information content (AvgIpc) is 3.10. The van der Waals surface area contributed by atoms with Gasteiger partial charge in [0.2, 0.25) is 0 Å². The van der Waals surface area contributed by atoms with Crippen molar-refractivity contribution in [3.05, 3.63) is 0 Å². The number of aliphatic hydroxyl groups is 2. The van der Waals surface area contributed by atoms with Crippen LogP contribution in [0.1, 0.15) is 98.3 Å². The van der Waals surface area contributed by atoms with Crippen molar-refractivity contribution in [1.29, 1.82) is 0 Å². The molecule has 2 heteroatoms. The largest absolute Gasteiger partial charge is 0.396 e. The van der Waals surface area contributed by atoms with Gasteiger partial charge in [-0.25, -0.2) is 0 Å². The molecule has 0 aromatic rings. The summed E-state index contributed by atoms with van der Waals surface area (Å²) < 4.78 is 0. The van der Waals surface area contributed by atoms with E-state index in [0.717, 1.165) is 24.2 Å². The van der Waals surface area contributed by atoms with Gasteiger partial charge in [0.05, 0.1) is 6.10 Å². The Kier molecular flexibility index (Phi) is 4.41. The highest BCUT2D eigenvalue weighted by molar-refractivity contribution is 5.17. The van der Waals surface area contributed by atoms with E-state index in [2.05, 4.69) is 27.7 Å². The quantitative estimate of drug-likeness (QED) is 0.595. The molecule has 2 N–H and O–H groups in total. The van der Waals surface area contributed by atoms with Crippen molar-refractivity contribution < 1.29 is 10.2 Å². The minimum Gasteiger partial charge on any atom is -0.396 e. The van der Waals surface area contributed by atoms with Crippen molar-refractivity contribution in [2.75, 3.05) is 6.61 Å². The molecule has 0 aromatic heterocycles. The molecule has 0 bridgehead atoms. The Morgan fingerprint density at radius 1 is 0.750 bits per heavy atom. The van der Waals surface area contributed by atoms with E-state index in [-0.39, 0.29) is 11.5 Å². The van der Waals surface area contributed by atoms with E-state index in [1.165, 1.54) is 64.2 Å². The maximum atomic E-state index is 10.6. The Morgan fingerprint density at radius 2 is 1.54 bits per heavy atom. The van der Waals surface area contributed by atoms with E-state index in [1.54, 1.807) is 0 Å². The lowest BCUT2D eigenvalue weighted by Crippen LogP contribution is -2.65. The van der Waals surface area contributed by atoms with Crippen LogP contribution >= 0.6 is 0 Å². The molecule has 0 spiro atoms. The first-order valence-electron chi connectivity index (χ1n) is 12.5. The lowest BCUT2D eigenvalue weighted by atomic mass is 9.33. The van der Waals surface area contributed by atoms with Gasteiger partial charge in [-0.15, -0.1) is 0 Å². The fourth-order valence-electron chi connectivity index (χ4n) is 10.6. The van der Waals surface area contributed by atoms with Crippen molar-refractivity contribution in [1.82, 2.24) is 0 Å². The molecule has 5 aliphatic carbocycles. The first kappa shape index (κ1) is 19.9. The van der Waals surface area contributed by atoms with Crippen LogP contribution in [0.25, 0.3) is 0 Å². The zero-order valence-electron chi connectivity index (χ0n) is 18.8. The van der Waals surface area contributed by atoms with E-state index in [4.69, 9.17) is 0 Å². The molecule has 28 heavy (non-hydrogen) atoms. The molecule has 5 aliphatic rings. The van der Waals surface area contributed by atoms with Crippen LogP contribution in [0.2, 0.25) is 0 Å². The fourth-order valence-corrected chi connectivity index (χ4v) is 10.6. The Bertz CT molecular complexity index is 632. The van der Waals surface area contributed by atoms with E-state index < -0.39 is 0 Å². The van der Waals surface area contributed by atoms with Crippen molar-refractivity contribution in [3.63, 3.8) is 0 Å². The lowest BCUT2D eigenvalue weighted by molar-refractivity contribution is -0.235. The zero-order chi connectivity index (χ0) is 19.9. The Labute approximate surface area is 172 Å². The van der Waals surface area contributed by atoms with Gasteiger partial charge in [0, 0.05) is 6.61 Å². The van der Waals surface area contributed by atoms with Crippen LogP contribution < -0.4 is 0 Å². The second kappa shape index (κ2) is 6.22. The molecule has 0 radical (unpaired) electrons. The number of hydrogen-bond donors (Lipinski definition) is 2. The minimum absolute atomic E-state index is 0.0762. The summed E-state index contributed by atoms with van der Waals surface area (Å²) in [6.07, 6.45) is 14.2. The van der Waals surface area contributed by atoms with Crippen LogP contribution in [-0.4, -0.2) is 22.9 Å². The van der Waals surface area contributed by atoms with Gasteiger partial charge in [0.1, 0.15) is 0 Å². The smallest absolute Gasteiger partial charge is 0.0568 e. The molecule has 5 saturated carbocycles. The third kappa shape index (κ3) is 2.23. The summed E-state index contributed by atoms with van der Waals surface area (Å²) in [7, 11) is 0. The lowest BCUT2D eigenvalue weighted by Gasteiger charge is -2.71. The van der Waals surface area contributed by atoms with Crippen molar-refractivity contribution >= 4 is 0 Å². The minimum atomic E-state index is -0.0762. The number of hydrogen-bond acceptors (Lipinski definition) is 2. The first-order valence-corrected chi connectivity index (χ1v) is 12.5. The second-order valence-electron chi connectivity index (χ2n) is 12.7. The molecule has 2 nitrogen and oxygen atoms in total. The molecule has 0 aromatic carbocycles. The molecular formula is C26H44O2. The van der Waals surface area contributed by atoms with E-state index in [9.17, 15) is 10.2 Å². The van der Waals surface area contributed by atoms with Gasteiger partial charge < -0.3 is 10.2 Å². The fraction of sp³-hybridized carbons (Fsp3) is 1.00. The first-order chi connectivity index (χ1) is 13.2. The molecule has 10 atom stereocenters. The topological polar surface area (TPSA) is 40.5 Å². The predicted octanol–water partition coefficient (Wildman–Crippen LogP) is 5.80. The second-order valence-corrected chi connectivity index (χ2v) is 12.7. The average molecular weight is 389 g/mol. The Hall–Kier alpha value is -0.0800. The summed E-state index contributed by atoms with van der Waals surface area (Å²) in [5.74, 6) is 3.59. The standard InChI is InChI=1S/C26H44O2/c1-17-18-9-13-25(4)22(23(18,2)12-10-21(17)28)8-7-19-20-6-5-11-26(20,16-27)15-14-24(19,25)3/h17-22,27-28H,5-16H2,1-4H3/t17?,18?,19?,20?,21?,22?,23?,24-,25?,26?/m1/s1. The molecule has 9 unspecified atom stereocenters. The predicted molar refractivity (Wildman–Crippen MR) is 114 cm³/mol. The normalized spacial score (nSPS) is 61.1. The van der Waals surface area contributed by atoms with E-state index in [0.29, 0.717) is 34.7 Å². The molecule has 0 amide bonds. The summed E-state index contributed by atoms with van der Waals surface area (Å²) in [6.45, 7) is 10.7. The zero-order valence-corrected chi connectivity index (χ0v) is 18.8. The maximum absolute atomic E-state index is 10.6. The molecule has 5 rings (SSSR count). The van der Waals surface area contributed by atoms with Gasteiger partial charge in [-0.1, -0.05) is 34.1 Å². The van der Waals surface area contributed by atoms with Crippen LogP contribution in [0.3, 0.4) is 0 Å². The molecule has 0 aliphatic heterocycles. The van der Waals surface area contributed by atoms with Crippen molar-refractivity contribution in [2.45, 2.75) is 104 Å². The summed E-state index contributed by atoms with van der Waals surface area (Å²) in [5, 5.41) is 20.9. The van der Waals surface area contributed by atoms with Crippen LogP contribution in [-0.2, 0) is 0 Å². The molecular weight excluding hydrogens is 344 g/mol. The van der Waals surface area contributed by atoms with Crippen LogP contribution in [0.15, 0.2) is 0 Å². The summed E-state index contributed by atoms with van der Waals surface area (Å²) in [4.78, 5) is 0. The number of fused-ring (bicyclic) bond motifs is 7. The number of aliphatic hydroxyl groups excluding tert-OH is 2. The molecule has 160 valence electrons. The molecule has 5 fully saturated rings. The molecule has 0 saturated heterocycles. The third-order valence-electron chi connectivity index (χ3n) is 12.4. The highest BCUT2D eigenvalue weighted by Gasteiger charge is 2.68. The summed E-state index contributed by atoms with van der Waals surface area (Å²) >= 11 is 0. The monoisotopic (exact) mass is 388 g/mol. The van der Waals surface area contributed by atoms with Crippen molar-refractivity contribution in [3.8, 4) is 0 Å². The number of rotatable bonds is 1. The van der Waals surface area contributed by atoms with Crippen molar-refractivity contribution in [2.24, 2.45) is 51.2 Å². The van der Waals surface area contributed by atoms with Gasteiger partial charge in [0.15, 0.2) is 0 Å². The summed E-state index contributed by atoms with van der Waals surface area (Å²) in [5.41, 5.74) is 1.56. The highest BCUT2D eigenvalue weighted by atomic mass is 16.3. The van der Waals surface area contributed by atoms with Gasteiger partial charge in [-0.3, -0.25) is 0 Å². The van der Waals surface area contributed by atoms with Gasteiger partial charge in [0.25, 0.3) is 0 Å². The third-order valence-corrected chi connectivity index (χ3v) is 12.4. The van der Waals surface area contributed by atoms with Gasteiger partial charge >= 0.3 is 0 Å². The van der Waals surface area contributed by atoms with E-state index in [1.807, 2.05) is 0 Å². The summed E-state index contributed by atoms with van der Waals surface area (Å²) in [6, 6.07) is 0. The Morgan fingerprint density at radius 3 is 2.29 bits per heavy atom.